The maximum atomic E-state index is 2.50. The van der Waals surface area contributed by atoms with Crippen LogP contribution in [-0.4, -0.2) is 0 Å². The number of nitrogens with zero attached hydrogens (tertiary/aromatic N) is 2. The highest BCUT2D eigenvalue weighted by Gasteiger charge is 2.41. The van der Waals surface area contributed by atoms with Crippen LogP contribution < -0.4 is 9.80 Å². The molecule has 0 saturated carbocycles. The van der Waals surface area contributed by atoms with Gasteiger partial charge in [-0.1, -0.05) is 298 Å². The molecule has 96 heavy (non-hydrogen) atoms. The van der Waals surface area contributed by atoms with Crippen molar-refractivity contribution in [1.82, 2.24) is 0 Å². The number of fused-ring (bicyclic) bond motifs is 15. The van der Waals surface area contributed by atoms with E-state index in [0.29, 0.717) is 0 Å². The van der Waals surface area contributed by atoms with Crippen LogP contribution in [0.2, 0.25) is 0 Å². The Bertz CT molecular complexity index is 5320. The molecule has 14 aromatic rings. The lowest BCUT2D eigenvalue weighted by molar-refractivity contribution is 0.659. The van der Waals surface area contributed by atoms with Gasteiger partial charge >= 0.3 is 0 Å². The topological polar surface area (TPSA) is 6.48 Å². The lowest BCUT2D eigenvalue weighted by Crippen LogP contribution is -2.18. The second kappa shape index (κ2) is 21.2. The van der Waals surface area contributed by atoms with Crippen molar-refractivity contribution in [3.05, 3.63) is 346 Å². The predicted octanol–water partition coefficient (Wildman–Crippen LogP) is 25.7. The Morgan fingerprint density at radius 1 is 0.219 bits per heavy atom. The van der Waals surface area contributed by atoms with Gasteiger partial charge in [-0.2, -0.15) is 0 Å². The van der Waals surface area contributed by atoms with Gasteiger partial charge in [0, 0.05) is 55.2 Å². The molecule has 0 unspecified atom stereocenters. The Kier molecular flexibility index (Phi) is 12.7. The van der Waals surface area contributed by atoms with Crippen molar-refractivity contribution in [1.29, 1.82) is 0 Å². The Morgan fingerprint density at radius 2 is 0.500 bits per heavy atom. The summed E-state index contributed by atoms with van der Waals surface area (Å²) in [4.78, 5) is 5.00. The minimum atomic E-state index is -0.241. The van der Waals surface area contributed by atoms with Crippen LogP contribution in [0, 0.1) is 0 Å². The van der Waals surface area contributed by atoms with Gasteiger partial charge in [0.25, 0.3) is 0 Å². The quantitative estimate of drug-likeness (QED) is 0.126. The van der Waals surface area contributed by atoms with Crippen LogP contribution in [0.5, 0.6) is 0 Å². The van der Waals surface area contributed by atoms with Gasteiger partial charge in [-0.05, 0) is 193 Å². The van der Waals surface area contributed by atoms with Crippen LogP contribution in [0.1, 0.15) is 122 Å². The highest BCUT2D eigenvalue weighted by molar-refractivity contribution is 6.03. The summed E-state index contributed by atoms with van der Waals surface area (Å²) in [6, 6.07) is 105. The molecule has 2 nitrogen and oxygen atoms in total. The van der Waals surface area contributed by atoms with Crippen LogP contribution in [0.15, 0.2) is 279 Å². The van der Waals surface area contributed by atoms with E-state index in [2.05, 4.69) is 369 Å². The van der Waals surface area contributed by atoms with Crippen molar-refractivity contribution in [2.75, 3.05) is 9.80 Å². The van der Waals surface area contributed by atoms with E-state index in [0.717, 1.165) is 22.7 Å². The lowest BCUT2D eigenvalue weighted by atomic mass is 9.81. The highest BCUT2D eigenvalue weighted by Crippen LogP contribution is 2.57. The summed E-state index contributed by atoms with van der Waals surface area (Å²) < 4.78 is 0. The van der Waals surface area contributed by atoms with E-state index < -0.39 is 0 Å². The average molecular weight is 1230 g/mol. The molecule has 0 atom stereocenters. The van der Waals surface area contributed by atoms with E-state index in [1.807, 2.05) is 0 Å². The fourth-order valence-corrected chi connectivity index (χ4v) is 17.3. The molecule has 0 aromatic heterocycles. The molecule has 14 aromatic carbocycles. The molecule has 0 saturated heterocycles. The van der Waals surface area contributed by atoms with E-state index in [1.165, 1.54) is 155 Å². The minimum Gasteiger partial charge on any atom is -0.310 e. The molecule has 0 amide bonds. The smallest absolute Gasteiger partial charge is 0.0540 e. The number of hydrogen-bond acceptors (Lipinski definition) is 2. The predicted molar refractivity (Wildman–Crippen MR) is 409 cm³/mol. The van der Waals surface area contributed by atoms with Crippen LogP contribution >= 0.6 is 0 Å². The summed E-state index contributed by atoms with van der Waals surface area (Å²) in [7, 11) is 0. The van der Waals surface area contributed by atoms with Gasteiger partial charge in [0.15, 0.2) is 0 Å². The van der Waals surface area contributed by atoms with Crippen molar-refractivity contribution < 1.29 is 0 Å². The van der Waals surface area contributed by atoms with E-state index in [1.54, 1.807) is 0 Å². The summed E-state index contributed by atoms with van der Waals surface area (Å²) in [6.07, 6.45) is 9.22. The molecule has 18 rings (SSSR count). The van der Waals surface area contributed by atoms with Crippen LogP contribution in [0.25, 0.3) is 101 Å². The van der Waals surface area contributed by atoms with E-state index in [-0.39, 0.29) is 21.7 Å². The molecular weight excluding hydrogens is 1160 g/mol. The number of rotatable bonds is 10. The normalized spacial score (nSPS) is 15.1. The first-order valence-electron chi connectivity index (χ1n) is 34.1. The fourth-order valence-electron chi connectivity index (χ4n) is 17.3. The van der Waals surface area contributed by atoms with Gasteiger partial charge in [-0.15, -0.1) is 0 Å². The van der Waals surface area contributed by atoms with E-state index >= 15 is 0 Å². The van der Waals surface area contributed by atoms with Crippen LogP contribution in [-0.2, 0) is 21.7 Å². The summed E-state index contributed by atoms with van der Waals surface area (Å²) in [5, 5.41) is 7.38. The first-order valence-corrected chi connectivity index (χ1v) is 34.1. The second-order valence-corrected chi connectivity index (χ2v) is 29.2. The average Bonchev–Trinajstić information content (AvgIpc) is 1.59. The highest BCUT2D eigenvalue weighted by atomic mass is 15.2. The van der Waals surface area contributed by atoms with E-state index in [9.17, 15) is 0 Å². The standard InChI is InChI=1S/C94H74N2/c1-91(2)81-33-15-13-29-73(81)77-49-43-65(55-85(77)91)95(89-35-19-25-61-21-9-11-27-71(61)89)67-45-51-79-75-47-39-59(53-83(75)93(5,6)87(79)57-67)37-41-63-23-17-32-70-64(24-18-31-69(63)70)42-38-60-40-48-76-80-52-46-68(58-88(80)94(7,8)84(76)54-60)96(90-36-20-26-62-22-10-12-28-72(62)90)66-44-50-78-74-30-14-16-34-82(74)92(3,4)86(78)56-66/h9-58H,1-8H3. The van der Waals surface area contributed by atoms with Gasteiger partial charge < -0.3 is 9.80 Å². The van der Waals surface area contributed by atoms with Gasteiger partial charge in [0.2, 0.25) is 0 Å². The summed E-state index contributed by atoms with van der Waals surface area (Å²) in [5.74, 6) is 0. The lowest BCUT2D eigenvalue weighted by Gasteiger charge is -2.30. The Morgan fingerprint density at radius 3 is 0.885 bits per heavy atom. The third-order valence-electron chi connectivity index (χ3n) is 22.4. The Balaban J connectivity index is 0.630. The van der Waals surface area contributed by atoms with Gasteiger partial charge in [-0.3, -0.25) is 0 Å². The van der Waals surface area contributed by atoms with Gasteiger partial charge in [-0.25, -0.2) is 0 Å². The molecule has 0 aliphatic heterocycles. The fraction of sp³-hybridized carbons (Fsp3) is 0.128. The molecular formula is C94H74N2. The molecule has 0 heterocycles. The van der Waals surface area contributed by atoms with Gasteiger partial charge in [0.05, 0.1) is 11.4 Å². The van der Waals surface area contributed by atoms with Crippen molar-refractivity contribution in [3.63, 3.8) is 0 Å². The molecule has 0 N–H and O–H groups in total. The maximum absolute atomic E-state index is 2.50. The van der Waals surface area contributed by atoms with Crippen LogP contribution in [0.3, 0.4) is 0 Å². The first-order chi connectivity index (χ1) is 46.6. The summed E-state index contributed by atoms with van der Waals surface area (Å²) >= 11 is 0. The number of anilines is 6. The van der Waals surface area contributed by atoms with Crippen molar-refractivity contribution in [2.24, 2.45) is 0 Å². The van der Waals surface area contributed by atoms with Crippen molar-refractivity contribution in [2.45, 2.75) is 77.0 Å². The Hall–Kier alpha value is -11.1. The molecule has 2 heteroatoms. The zero-order valence-corrected chi connectivity index (χ0v) is 55.8. The van der Waals surface area contributed by atoms with Crippen molar-refractivity contribution >= 4 is 90.7 Å². The minimum absolute atomic E-state index is 0.123. The SMILES string of the molecule is CC1(C)c2ccccc2-c2ccc(N(c3ccc4c(c3)C(C)(C)c3cc(C=Cc5cccc6c(C=Cc7ccc8c(c7)C(C)(C)c7cc(N(c9ccc%10c(c9)C(C)(C)c9ccccc9-%10)c9cccc%10ccccc9%10)ccc7-8)cccc56)ccc3-4)c3cccc4ccccc34)cc21. The molecule has 460 valence electrons. The monoisotopic (exact) mass is 1230 g/mol. The van der Waals surface area contributed by atoms with Crippen LogP contribution in [0.4, 0.5) is 34.1 Å². The number of benzene rings is 14. The molecule has 4 aliphatic carbocycles. The number of hydrogen-bond donors (Lipinski definition) is 0. The first kappa shape index (κ1) is 57.6. The van der Waals surface area contributed by atoms with E-state index in [4.69, 9.17) is 0 Å². The van der Waals surface area contributed by atoms with Crippen molar-refractivity contribution in [3.8, 4) is 44.5 Å². The third kappa shape index (κ3) is 8.70. The molecule has 0 radical (unpaired) electrons. The van der Waals surface area contributed by atoms with Gasteiger partial charge in [0.1, 0.15) is 0 Å². The zero-order valence-electron chi connectivity index (χ0n) is 55.8. The zero-order chi connectivity index (χ0) is 65.0. The third-order valence-corrected chi connectivity index (χ3v) is 22.4. The second-order valence-electron chi connectivity index (χ2n) is 29.2. The maximum Gasteiger partial charge on any atom is 0.0540 e. The molecule has 0 spiro atoms. The summed E-state index contributed by atoms with van der Waals surface area (Å²) in [5.41, 5.74) is 32.5. The Labute approximate surface area is 564 Å². The largest absolute Gasteiger partial charge is 0.310 e. The molecule has 0 bridgehead atoms. The molecule has 4 aliphatic rings. The molecule has 0 fully saturated rings. The summed E-state index contributed by atoms with van der Waals surface area (Å²) in [6.45, 7) is 19.1.